The average Bonchev–Trinajstić information content (AvgIpc) is 3.05. The lowest BCUT2D eigenvalue weighted by molar-refractivity contribution is 0.0989. The molecule has 7 heteroatoms. The number of nitrogens with zero attached hydrogens (tertiary/aromatic N) is 2. The summed E-state index contributed by atoms with van der Waals surface area (Å²) in [4.78, 5) is 27.2. The molecule has 6 nitrogen and oxygen atoms in total. The Morgan fingerprint density at radius 3 is 2.92 bits per heavy atom. The van der Waals surface area contributed by atoms with E-state index < -0.39 is 11.5 Å². The smallest absolute Gasteiger partial charge is 0.268 e. The molecule has 0 fully saturated rings. The third-order valence-corrected chi connectivity index (χ3v) is 5.48. The van der Waals surface area contributed by atoms with Crippen LogP contribution in [0.4, 0.5) is 5.00 Å². The van der Waals surface area contributed by atoms with Gasteiger partial charge in [0.2, 0.25) is 0 Å². The van der Waals surface area contributed by atoms with Crippen molar-refractivity contribution < 1.29 is 14.6 Å². The molecule has 0 bridgehead atoms. The molecular weight excluding hydrogens is 340 g/mol. The van der Waals surface area contributed by atoms with Gasteiger partial charge >= 0.3 is 0 Å². The number of benzene rings is 1. The van der Waals surface area contributed by atoms with Gasteiger partial charge in [0.15, 0.2) is 0 Å². The van der Waals surface area contributed by atoms with E-state index in [0.29, 0.717) is 29.8 Å². The number of ether oxygens (including phenoxy) is 1. The number of hydrogen-bond donors (Lipinski definition) is 1. The zero-order valence-corrected chi connectivity index (χ0v) is 14.6. The Labute approximate surface area is 147 Å². The maximum atomic E-state index is 12.9. The quantitative estimate of drug-likeness (QED) is 0.766. The van der Waals surface area contributed by atoms with Gasteiger partial charge in [-0.2, -0.15) is 0 Å². The first kappa shape index (κ1) is 15.7. The van der Waals surface area contributed by atoms with Crippen molar-refractivity contribution in [1.82, 2.24) is 4.57 Å². The highest BCUT2D eigenvalue weighted by Crippen LogP contribution is 2.35. The van der Waals surface area contributed by atoms with Gasteiger partial charge in [-0.25, -0.2) is 0 Å². The van der Waals surface area contributed by atoms with Crippen LogP contribution in [0.3, 0.4) is 0 Å². The molecule has 4 rings (SSSR count). The summed E-state index contributed by atoms with van der Waals surface area (Å²) < 4.78 is 7.07. The van der Waals surface area contributed by atoms with Crippen LogP contribution in [0.5, 0.6) is 11.5 Å². The van der Waals surface area contributed by atoms with Crippen molar-refractivity contribution in [2.75, 3.05) is 18.6 Å². The molecule has 0 radical (unpaired) electrons. The summed E-state index contributed by atoms with van der Waals surface area (Å²) in [7, 11) is 1.60. The van der Waals surface area contributed by atoms with Gasteiger partial charge in [-0.1, -0.05) is 6.07 Å². The number of carbonyl (C=O) groups excluding carboxylic acids is 1. The van der Waals surface area contributed by atoms with Crippen LogP contribution in [-0.2, 0) is 6.54 Å². The summed E-state index contributed by atoms with van der Waals surface area (Å²) in [5, 5.41) is 13.7. The molecule has 1 aliphatic heterocycles. The van der Waals surface area contributed by atoms with Crippen molar-refractivity contribution in [3.63, 3.8) is 0 Å². The molecule has 0 unspecified atom stereocenters. The summed E-state index contributed by atoms with van der Waals surface area (Å²) in [6.45, 7) is 2.63. The number of carbonyl (C=O) groups is 1. The second-order valence-electron chi connectivity index (χ2n) is 6.01. The van der Waals surface area contributed by atoms with Gasteiger partial charge in [-0.3, -0.25) is 9.59 Å². The highest BCUT2D eigenvalue weighted by atomic mass is 32.1. The fraction of sp³-hybridized carbons (Fsp3) is 0.222. The van der Waals surface area contributed by atoms with Crippen molar-refractivity contribution in [1.29, 1.82) is 0 Å². The maximum Gasteiger partial charge on any atom is 0.268 e. The number of aryl methyl sites for hydroxylation is 1. The Balaban J connectivity index is 1.94. The molecular formula is C18H16N2O4S. The monoisotopic (exact) mass is 356 g/mol. The molecule has 1 N–H and O–H groups in total. The molecule has 1 aromatic carbocycles. The van der Waals surface area contributed by atoms with E-state index in [-0.39, 0.29) is 11.3 Å². The first-order valence-electron chi connectivity index (χ1n) is 7.83. The van der Waals surface area contributed by atoms with E-state index in [9.17, 15) is 14.7 Å². The number of thiophene rings is 1. The molecule has 25 heavy (non-hydrogen) atoms. The second-order valence-corrected chi connectivity index (χ2v) is 6.90. The Morgan fingerprint density at radius 2 is 2.20 bits per heavy atom. The summed E-state index contributed by atoms with van der Waals surface area (Å²) >= 11 is 1.41. The van der Waals surface area contributed by atoms with Gasteiger partial charge in [0, 0.05) is 12.4 Å². The Hall–Kier alpha value is -2.80. The van der Waals surface area contributed by atoms with E-state index in [0.717, 1.165) is 10.6 Å². The van der Waals surface area contributed by atoms with E-state index in [1.165, 1.54) is 20.8 Å². The van der Waals surface area contributed by atoms with Gasteiger partial charge in [0.25, 0.3) is 11.5 Å². The van der Waals surface area contributed by atoms with Gasteiger partial charge in [0.05, 0.1) is 17.1 Å². The van der Waals surface area contributed by atoms with Crippen LogP contribution in [0.25, 0.3) is 10.9 Å². The highest BCUT2D eigenvalue weighted by Gasteiger charge is 2.28. The molecule has 1 aliphatic rings. The molecule has 0 spiro atoms. The molecule has 2 aromatic heterocycles. The lowest BCUT2D eigenvalue weighted by atomic mass is 10.1. The molecule has 0 aliphatic carbocycles. The Kier molecular flexibility index (Phi) is 3.54. The fourth-order valence-electron chi connectivity index (χ4n) is 3.09. The number of anilines is 1. The first-order chi connectivity index (χ1) is 12.0. The highest BCUT2D eigenvalue weighted by molar-refractivity contribution is 7.14. The zero-order valence-electron chi connectivity index (χ0n) is 13.8. The Morgan fingerprint density at radius 1 is 1.40 bits per heavy atom. The van der Waals surface area contributed by atoms with E-state index in [2.05, 4.69) is 0 Å². The van der Waals surface area contributed by atoms with Crippen LogP contribution in [0.15, 0.2) is 34.4 Å². The van der Waals surface area contributed by atoms with Crippen molar-refractivity contribution in [3.05, 3.63) is 51.1 Å². The van der Waals surface area contributed by atoms with E-state index in [1.54, 1.807) is 25.2 Å². The lowest BCUT2D eigenvalue weighted by Gasteiger charge is -2.23. The van der Waals surface area contributed by atoms with Gasteiger partial charge < -0.3 is 19.3 Å². The van der Waals surface area contributed by atoms with Crippen LogP contribution in [0.1, 0.15) is 15.9 Å². The standard InChI is InChI=1S/C18H16N2O4S/c1-10-8-13(25-9-10)19(2)17(22)14-16(21)11-4-3-5-12-15(11)20(18(14)23)6-7-24-12/h3-5,8-9,21H,6-7H2,1-2H3. The topological polar surface area (TPSA) is 71.8 Å². The van der Waals surface area contributed by atoms with Gasteiger partial charge in [-0.15, -0.1) is 11.3 Å². The van der Waals surface area contributed by atoms with Crippen LogP contribution in [0, 0.1) is 6.92 Å². The summed E-state index contributed by atoms with van der Waals surface area (Å²) in [5.41, 5.74) is 0.865. The Bertz CT molecular complexity index is 1070. The molecule has 3 aromatic rings. The molecule has 1 amide bonds. The van der Waals surface area contributed by atoms with Crippen molar-refractivity contribution in [2.24, 2.45) is 0 Å². The molecule has 128 valence electrons. The van der Waals surface area contributed by atoms with Gasteiger partial charge in [0.1, 0.15) is 23.7 Å². The minimum atomic E-state index is -0.521. The van der Waals surface area contributed by atoms with Crippen LogP contribution in [0.2, 0.25) is 0 Å². The molecule has 0 atom stereocenters. The third-order valence-electron chi connectivity index (χ3n) is 4.36. The zero-order chi connectivity index (χ0) is 17.7. The molecule has 0 saturated heterocycles. The number of aromatic hydroxyl groups is 1. The third kappa shape index (κ3) is 2.31. The first-order valence-corrected chi connectivity index (χ1v) is 8.71. The number of pyridine rings is 1. The minimum Gasteiger partial charge on any atom is -0.506 e. The predicted octanol–water partition coefficient (Wildman–Crippen LogP) is 2.75. The van der Waals surface area contributed by atoms with E-state index >= 15 is 0 Å². The molecule has 3 heterocycles. The number of para-hydroxylation sites is 1. The lowest BCUT2D eigenvalue weighted by Crippen LogP contribution is -2.36. The number of rotatable bonds is 2. The summed E-state index contributed by atoms with van der Waals surface area (Å²) in [6, 6.07) is 7.04. The fourth-order valence-corrected chi connectivity index (χ4v) is 3.96. The molecule has 0 saturated carbocycles. The van der Waals surface area contributed by atoms with Crippen LogP contribution in [-0.4, -0.2) is 29.2 Å². The normalized spacial score (nSPS) is 12.9. The second kappa shape index (κ2) is 5.63. The predicted molar refractivity (Wildman–Crippen MR) is 97.2 cm³/mol. The maximum absolute atomic E-state index is 12.9. The van der Waals surface area contributed by atoms with Crippen molar-refractivity contribution >= 4 is 33.1 Å². The number of aromatic nitrogens is 1. The average molecular weight is 356 g/mol. The summed E-state index contributed by atoms with van der Waals surface area (Å²) in [5.74, 6) is -0.280. The van der Waals surface area contributed by atoms with Crippen LogP contribution < -0.4 is 15.2 Å². The van der Waals surface area contributed by atoms with Gasteiger partial charge in [-0.05, 0) is 36.1 Å². The van der Waals surface area contributed by atoms with E-state index in [4.69, 9.17) is 4.74 Å². The summed E-state index contributed by atoms with van der Waals surface area (Å²) in [6.07, 6.45) is 0. The number of amides is 1. The van der Waals surface area contributed by atoms with E-state index in [1.807, 2.05) is 18.4 Å². The number of hydrogen-bond acceptors (Lipinski definition) is 5. The van der Waals surface area contributed by atoms with Crippen LogP contribution >= 0.6 is 11.3 Å². The van der Waals surface area contributed by atoms with Crippen molar-refractivity contribution in [3.8, 4) is 11.5 Å². The minimum absolute atomic E-state index is 0.208. The largest absolute Gasteiger partial charge is 0.506 e. The SMILES string of the molecule is Cc1csc(N(C)C(=O)c2c(O)c3cccc4c3n(c2=O)CCO4)c1. The van der Waals surface area contributed by atoms with Crippen molar-refractivity contribution in [2.45, 2.75) is 13.5 Å².